The fourth-order valence-electron chi connectivity index (χ4n) is 2.13. The summed E-state index contributed by atoms with van der Waals surface area (Å²) in [6.07, 6.45) is 2.07. The molecule has 0 aliphatic rings. The first-order valence-corrected chi connectivity index (χ1v) is 7.14. The van der Waals surface area contributed by atoms with Gasteiger partial charge in [-0.25, -0.2) is 4.98 Å². The third-order valence-electron chi connectivity index (χ3n) is 2.99. The van der Waals surface area contributed by atoms with Gasteiger partial charge in [0.05, 0.1) is 17.6 Å². The van der Waals surface area contributed by atoms with Crippen LogP contribution in [0.25, 0.3) is 11.0 Å². The van der Waals surface area contributed by atoms with E-state index in [-0.39, 0.29) is 0 Å². The van der Waals surface area contributed by atoms with Crippen LogP contribution >= 0.6 is 11.8 Å². The van der Waals surface area contributed by atoms with Gasteiger partial charge in [0, 0.05) is 0 Å². The standard InChI is InChI=1S/C15H14N2S/c1-18-15-16-13-9-5-6-10-14(13)17(15)11-12-7-3-2-4-8-12/h2-10H,11H2,1H3. The molecule has 0 spiro atoms. The van der Waals surface area contributed by atoms with Crippen molar-refractivity contribution in [2.75, 3.05) is 6.26 Å². The Morgan fingerprint density at radius 3 is 2.50 bits per heavy atom. The summed E-state index contributed by atoms with van der Waals surface area (Å²) in [5, 5.41) is 1.07. The van der Waals surface area contributed by atoms with Crippen LogP contribution in [0.15, 0.2) is 59.8 Å². The average molecular weight is 254 g/mol. The van der Waals surface area contributed by atoms with Crippen molar-refractivity contribution in [2.45, 2.75) is 11.7 Å². The van der Waals surface area contributed by atoms with Crippen molar-refractivity contribution in [2.24, 2.45) is 0 Å². The van der Waals surface area contributed by atoms with Crippen molar-refractivity contribution in [3.63, 3.8) is 0 Å². The molecule has 90 valence electrons. The molecular formula is C15H14N2S. The fraction of sp³-hybridized carbons (Fsp3) is 0.133. The van der Waals surface area contributed by atoms with E-state index in [4.69, 9.17) is 0 Å². The highest BCUT2D eigenvalue weighted by molar-refractivity contribution is 7.98. The van der Waals surface area contributed by atoms with E-state index in [0.29, 0.717) is 0 Å². The van der Waals surface area contributed by atoms with Gasteiger partial charge in [-0.1, -0.05) is 54.2 Å². The lowest BCUT2D eigenvalue weighted by molar-refractivity contribution is 0.732. The number of hydrogen-bond acceptors (Lipinski definition) is 2. The minimum Gasteiger partial charge on any atom is -0.314 e. The lowest BCUT2D eigenvalue weighted by atomic mass is 10.2. The van der Waals surface area contributed by atoms with Crippen LogP contribution in [0.2, 0.25) is 0 Å². The summed E-state index contributed by atoms with van der Waals surface area (Å²) < 4.78 is 2.27. The second-order valence-corrected chi connectivity index (χ2v) is 4.93. The summed E-state index contributed by atoms with van der Waals surface area (Å²) in [7, 11) is 0. The number of imidazole rings is 1. The number of nitrogens with zero attached hydrogens (tertiary/aromatic N) is 2. The van der Waals surface area contributed by atoms with E-state index in [9.17, 15) is 0 Å². The molecule has 2 aromatic carbocycles. The second-order valence-electron chi connectivity index (χ2n) is 4.16. The Kier molecular flexibility index (Phi) is 3.07. The smallest absolute Gasteiger partial charge is 0.169 e. The Balaban J connectivity index is 2.10. The summed E-state index contributed by atoms with van der Waals surface area (Å²) >= 11 is 1.69. The maximum Gasteiger partial charge on any atom is 0.169 e. The topological polar surface area (TPSA) is 17.8 Å². The highest BCUT2D eigenvalue weighted by Gasteiger charge is 2.09. The van der Waals surface area contributed by atoms with E-state index in [1.165, 1.54) is 11.1 Å². The van der Waals surface area contributed by atoms with Gasteiger partial charge in [0.15, 0.2) is 5.16 Å². The molecule has 0 atom stereocenters. The van der Waals surface area contributed by atoms with E-state index in [0.717, 1.165) is 17.2 Å². The first-order chi connectivity index (χ1) is 8.88. The first kappa shape index (κ1) is 11.4. The molecule has 0 aliphatic heterocycles. The van der Waals surface area contributed by atoms with Gasteiger partial charge in [-0.05, 0) is 24.0 Å². The molecule has 0 N–H and O–H groups in total. The maximum atomic E-state index is 4.65. The van der Waals surface area contributed by atoms with E-state index in [2.05, 4.69) is 58.3 Å². The molecule has 1 aromatic heterocycles. The van der Waals surface area contributed by atoms with Crippen molar-refractivity contribution in [1.29, 1.82) is 0 Å². The van der Waals surface area contributed by atoms with Crippen LogP contribution in [-0.2, 0) is 6.54 Å². The van der Waals surface area contributed by atoms with Gasteiger partial charge in [-0.3, -0.25) is 0 Å². The number of fused-ring (bicyclic) bond motifs is 1. The number of aromatic nitrogens is 2. The van der Waals surface area contributed by atoms with E-state index >= 15 is 0 Å². The summed E-state index contributed by atoms with van der Waals surface area (Å²) in [6, 6.07) is 18.8. The number of para-hydroxylation sites is 2. The number of benzene rings is 2. The van der Waals surface area contributed by atoms with Crippen molar-refractivity contribution < 1.29 is 0 Å². The van der Waals surface area contributed by atoms with Gasteiger partial charge in [0.1, 0.15) is 0 Å². The lowest BCUT2D eigenvalue weighted by Gasteiger charge is -2.07. The van der Waals surface area contributed by atoms with Crippen LogP contribution in [0.4, 0.5) is 0 Å². The zero-order chi connectivity index (χ0) is 12.4. The molecule has 0 saturated carbocycles. The quantitative estimate of drug-likeness (QED) is 0.661. The number of thioether (sulfide) groups is 1. The highest BCUT2D eigenvalue weighted by Crippen LogP contribution is 2.23. The van der Waals surface area contributed by atoms with Crippen molar-refractivity contribution in [1.82, 2.24) is 9.55 Å². The molecule has 18 heavy (non-hydrogen) atoms. The van der Waals surface area contributed by atoms with Crippen LogP contribution in [0.5, 0.6) is 0 Å². The Bertz CT molecular complexity index is 659. The van der Waals surface area contributed by atoms with Gasteiger partial charge in [-0.15, -0.1) is 0 Å². The van der Waals surface area contributed by atoms with Crippen LogP contribution < -0.4 is 0 Å². The SMILES string of the molecule is CSc1nc2ccccc2n1Cc1ccccc1. The van der Waals surface area contributed by atoms with Crippen LogP contribution in [-0.4, -0.2) is 15.8 Å². The van der Waals surface area contributed by atoms with Crippen molar-refractivity contribution in [3.8, 4) is 0 Å². The maximum absolute atomic E-state index is 4.65. The molecule has 0 aliphatic carbocycles. The van der Waals surface area contributed by atoms with E-state index in [1.807, 2.05) is 12.1 Å². The predicted molar refractivity (Wildman–Crippen MR) is 77.1 cm³/mol. The van der Waals surface area contributed by atoms with E-state index < -0.39 is 0 Å². The van der Waals surface area contributed by atoms with Gasteiger partial charge in [0.25, 0.3) is 0 Å². The third-order valence-corrected chi connectivity index (χ3v) is 3.66. The third kappa shape index (κ3) is 2.02. The molecule has 0 fully saturated rings. The van der Waals surface area contributed by atoms with Gasteiger partial charge < -0.3 is 4.57 Å². The summed E-state index contributed by atoms with van der Waals surface area (Å²) in [5.41, 5.74) is 3.57. The van der Waals surface area contributed by atoms with Gasteiger partial charge in [-0.2, -0.15) is 0 Å². The normalized spacial score (nSPS) is 10.9. The molecular weight excluding hydrogens is 240 g/mol. The Morgan fingerprint density at radius 1 is 1.00 bits per heavy atom. The first-order valence-electron chi connectivity index (χ1n) is 5.91. The predicted octanol–water partition coefficient (Wildman–Crippen LogP) is 3.81. The molecule has 3 heteroatoms. The molecule has 0 saturated heterocycles. The number of hydrogen-bond donors (Lipinski definition) is 0. The average Bonchev–Trinajstić information content (AvgIpc) is 2.78. The Labute approximate surface area is 111 Å². The van der Waals surface area contributed by atoms with Crippen LogP contribution in [0.3, 0.4) is 0 Å². The summed E-state index contributed by atoms with van der Waals surface area (Å²) in [5.74, 6) is 0. The zero-order valence-corrected chi connectivity index (χ0v) is 11.0. The summed E-state index contributed by atoms with van der Waals surface area (Å²) in [4.78, 5) is 4.65. The monoisotopic (exact) mass is 254 g/mol. The molecule has 2 nitrogen and oxygen atoms in total. The molecule has 0 bridgehead atoms. The van der Waals surface area contributed by atoms with Gasteiger partial charge in [0.2, 0.25) is 0 Å². The molecule has 0 radical (unpaired) electrons. The van der Waals surface area contributed by atoms with Crippen molar-refractivity contribution >= 4 is 22.8 Å². The van der Waals surface area contributed by atoms with E-state index in [1.54, 1.807) is 11.8 Å². The second kappa shape index (κ2) is 4.86. The Hall–Kier alpha value is -1.74. The summed E-state index contributed by atoms with van der Waals surface area (Å²) in [6.45, 7) is 0.873. The van der Waals surface area contributed by atoms with Crippen LogP contribution in [0.1, 0.15) is 5.56 Å². The number of rotatable bonds is 3. The molecule has 0 unspecified atom stereocenters. The molecule has 1 heterocycles. The van der Waals surface area contributed by atoms with Crippen LogP contribution in [0, 0.1) is 0 Å². The lowest BCUT2D eigenvalue weighted by Crippen LogP contribution is -2.00. The molecule has 3 rings (SSSR count). The molecule has 0 amide bonds. The highest BCUT2D eigenvalue weighted by atomic mass is 32.2. The minimum absolute atomic E-state index is 0.873. The molecule has 3 aromatic rings. The minimum atomic E-state index is 0.873. The van der Waals surface area contributed by atoms with Gasteiger partial charge >= 0.3 is 0 Å². The fourth-order valence-corrected chi connectivity index (χ4v) is 2.70. The zero-order valence-electron chi connectivity index (χ0n) is 10.2. The Morgan fingerprint density at radius 2 is 1.72 bits per heavy atom. The van der Waals surface area contributed by atoms with Crippen molar-refractivity contribution in [3.05, 3.63) is 60.2 Å². The largest absolute Gasteiger partial charge is 0.314 e.